The summed E-state index contributed by atoms with van der Waals surface area (Å²) in [6, 6.07) is -0.269. The molecular weight excluding hydrogens is 142 g/mol. The molecule has 0 radical (unpaired) electrons. The van der Waals surface area contributed by atoms with Gasteiger partial charge in [0.05, 0.1) is 6.04 Å². The zero-order valence-corrected chi connectivity index (χ0v) is 6.76. The maximum Gasteiger partial charge on any atom is 0.225 e. The Morgan fingerprint density at radius 2 is 2.00 bits per heavy atom. The lowest BCUT2D eigenvalue weighted by Crippen LogP contribution is -2.33. The molecule has 0 aromatic heterocycles. The molecule has 0 aromatic rings. The van der Waals surface area contributed by atoms with Gasteiger partial charge in [0.15, 0.2) is 0 Å². The molecule has 1 aliphatic carbocycles. The summed E-state index contributed by atoms with van der Waals surface area (Å²) in [6.45, 7) is 3.52. The number of hydrogen-bond donors (Lipinski definition) is 0. The molecule has 1 fully saturated rings. The van der Waals surface area contributed by atoms with E-state index in [1.165, 1.54) is 0 Å². The van der Waals surface area contributed by atoms with Crippen molar-refractivity contribution >= 4 is 11.6 Å². The second kappa shape index (κ2) is 2.58. The van der Waals surface area contributed by atoms with Gasteiger partial charge in [-0.25, -0.2) is 0 Å². The molecule has 11 heavy (non-hydrogen) atoms. The van der Waals surface area contributed by atoms with Crippen molar-refractivity contribution in [3.05, 3.63) is 12.2 Å². The minimum Gasteiger partial charge on any atom is -0.299 e. The predicted octanol–water partition coefficient (Wildman–Crippen LogP) is 0.0147. The van der Waals surface area contributed by atoms with Gasteiger partial charge in [0.2, 0.25) is 11.6 Å². The van der Waals surface area contributed by atoms with Gasteiger partial charge < -0.3 is 0 Å². The number of ketones is 2. The Morgan fingerprint density at radius 3 is 2.18 bits per heavy atom. The normalized spacial score (nSPS) is 25.4. The van der Waals surface area contributed by atoms with Gasteiger partial charge in [0.1, 0.15) is 0 Å². The lowest BCUT2D eigenvalue weighted by Gasteiger charge is -2.14. The molecule has 0 amide bonds. The summed E-state index contributed by atoms with van der Waals surface area (Å²) in [7, 11) is 3.57. The van der Waals surface area contributed by atoms with Gasteiger partial charge in [-0.3, -0.25) is 14.5 Å². The van der Waals surface area contributed by atoms with Crippen molar-refractivity contribution in [3.8, 4) is 0 Å². The third-order valence-corrected chi connectivity index (χ3v) is 1.91. The number of carbonyl (C=O) groups excluding carboxylic acids is 2. The molecule has 0 bridgehead atoms. The van der Waals surface area contributed by atoms with Crippen LogP contribution in [0.4, 0.5) is 0 Å². The first kappa shape index (κ1) is 8.14. The van der Waals surface area contributed by atoms with Crippen LogP contribution in [-0.2, 0) is 9.59 Å². The van der Waals surface area contributed by atoms with Gasteiger partial charge in [0.25, 0.3) is 0 Å². The van der Waals surface area contributed by atoms with E-state index in [1.807, 2.05) is 0 Å². The van der Waals surface area contributed by atoms with Gasteiger partial charge in [-0.05, 0) is 26.1 Å². The molecule has 0 aromatic carbocycles. The number of likely N-dealkylation sites (N-methyl/N-ethyl adjacent to an activating group) is 1. The Labute approximate surface area is 65.7 Å². The molecule has 1 aliphatic rings. The van der Waals surface area contributed by atoms with E-state index in [0.717, 1.165) is 0 Å². The lowest BCUT2D eigenvalue weighted by molar-refractivity contribution is -0.134. The third-order valence-electron chi connectivity index (χ3n) is 1.91. The van der Waals surface area contributed by atoms with E-state index in [0.29, 0.717) is 12.0 Å². The summed E-state index contributed by atoms with van der Waals surface area (Å²) in [4.78, 5) is 23.8. The van der Waals surface area contributed by atoms with E-state index in [9.17, 15) is 9.59 Å². The van der Waals surface area contributed by atoms with Crippen molar-refractivity contribution in [2.75, 3.05) is 14.1 Å². The number of rotatable bonds is 1. The zero-order valence-electron chi connectivity index (χ0n) is 6.76. The fourth-order valence-electron chi connectivity index (χ4n) is 1.16. The van der Waals surface area contributed by atoms with Gasteiger partial charge in [-0.1, -0.05) is 6.58 Å². The predicted molar refractivity (Wildman–Crippen MR) is 41.2 cm³/mol. The van der Waals surface area contributed by atoms with Crippen LogP contribution in [0, 0.1) is 0 Å². The quantitative estimate of drug-likeness (QED) is 0.393. The van der Waals surface area contributed by atoms with Crippen LogP contribution < -0.4 is 0 Å². The van der Waals surface area contributed by atoms with Crippen LogP contribution in [0.15, 0.2) is 12.2 Å². The van der Waals surface area contributed by atoms with Gasteiger partial charge in [-0.15, -0.1) is 0 Å². The lowest BCUT2D eigenvalue weighted by atomic mass is 10.2. The monoisotopic (exact) mass is 153 g/mol. The summed E-state index contributed by atoms with van der Waals surface area (Å²) in [5.74, 6) is -0.719. The topological polar surface area (TPSA) is 37.4 Å². The van der Waals surface area contributed by atoms with Crippen molar-refractivity contribution in [1.29, 1.82) is 0 Å². The molecule has 1 atom stereocenters. The van der Waals surface area contributed by atoms with E-state index in [2.05, 4.69) is 6.58 Å². The SMILES string of the molecule is C=C1CC(N(C)C)C(=O)C1=O. The standard InChI is InChI=1S/C8H11NO2/c1-5-4-6(9(2)3)8(11)7(5)10/h6H,1,4H2,2-3H3. The van der Waals surface area contributed by atoms with Crippen LogP contribution in [0.2, 0.25) is 0 Å². The Hall–Kier alpha value is -0.960. The summed E-state index contributed by atoms with van der Waals surface area (Å²) in [6.07, 6.45) is 0.491. The van der Waals surface area contributed by atoms with E-state index in [4.69, 9.17) is 0 Å². The van der Waals surface area contributed by atoms with Crippen LogP contribution in [0.3, 0.4) is 0 Å². The van der Waals surface area contributed by atoms with Crippen LogP contribution >= 0.6 is 0 Å². The first-order valence-electron chi connectivity index (χ1n) is 3.46. The van der Waals surface area contributed by atoms with Gasteiger partial charge in [-0.2, -0.15) is 0 Å². The van der Waals surface area contributed by atoms with Crippen molar-refractivity contribution in [3.63, 3.8) is 0 Å². The van der Waals surface area contributed by atoms with Crippen molar-refractivity contribution < 1.29 is 9.59 Å². The molecule has 0 saturated heterocycles. The van der Waals surface area contributed by atoms with E-state index in [1.54, 1.807) is 19.0 Å². The number of nitrogens with zero attached hydrogens (tertiary/aromatic N) is 1. The van der Waals surface area contributed by atoms with Crippen molar-refractivity contribution in [2.24, 2.45) is 0 Å². The van der Waals surface area contributed by atoms with E-state index in [-0.39, 0.29) is 11.8 Å². The highest BCUT2D eigenvalue weighted by Crippen LogP contribution is 2.19. The summed E-state index contributed by atoms with van der Waals surface area (Å²) in [5, 5.41) is 0. The molecule has 0 heterocycles. The largest absolute Gasteiger partial charge is 0.299 e. The second-order valence-corrected chi connectivity index (χ2v) is 2.98. The highest BCUT2D eigenvalue weighted by Gasteiger charge is 2.36. The molecule has 60 valence electrons. The first-order chi connectivity index (χ1) is 5.04. The van der Waals surface area contributed by atoms with Gasteiger partial charge >= 0.3 is 0 Å². The fraction of sp³-hybridized carbons (Fsp3) is 0.500. The third kappa shape index (κ3) is 1.24. The molecule has 1 rings (SSSR count). The summed E-state index contributed by atoms with van der Waals surface area (Å²) < 4.78 is 0. The summed E-state index contributed by atoms with van der Waals surface area (Å²) in [5.41, 5.74) is 0.439. The van der Waals surface area contributed by atoms with Crippen molar-refractivity contribution in [2.45, 2.75) is 12.5 Å². The average molecular weight is 153 g/mol. The Morgan fingerprint density at radius 1 is 1.45 bits per heavy atom. The molecule has 3 heteroatoms. The Bertz CT molecular complexity index is 230. The number of Topliss-reactive ketones (excluding diaryl/α,β-unsaturated/α-hetero) is 2. The minimum absolute atomic E-state index is 0.269. The Kier molecular flexibility index (Phi) is 1.91. The van der Waals surface area contributed by atoms with Gasteiger partial charge in [0, 0.05) is 0 Å². The zero-order chi connectivity index (χ0) is 8.59. The van der Waals surface area contributed by atoms with Crippen LogP contribution in [0.1, 0.15) is 6.42 Å². The van der Waals surface area contributed by atoms with Crippen molar-refractivity contribution in [1.82, 2.24) is 4.90 Å². The molecule has 0 spiro atoms. The number of carbonyl (C=O) groups is 2. The smallest absolute Gasteiger partial charge is 0.225 e. The molecule has 1 saturated carbocycles. The number of hydrogen-bond acceptors (Lipinski definition) is 3. The average Bonchev–Trinajstić information content (AvgIpc) is 2.17. The van der Waals surface area contributed by atoms with Crippen LogP contribution in [0.25, 0.3) is 0 Å². The van der Waals surface area contributed by atoms with E-state index < -0.39 is 5.78 Å². The second-order valence-electron chi connectivity index (χ2n) is 2.98. The minimum atomic E-state index is -0.399. The molecule has 0 N–H and O–H groups in total. The molecule has 1 unspecified atom stereocenters. The molecular formula is C8H11NO2. The fourth-order valence-corrected chi connectivity index (χ4v) is 1.16. The summed E-state index contributed by atoms with van der Waals surface area (Å²) >= 11 is 0. The highest BCUT2D eigenvalue weighted by atomic mass is 16.2. The van der Waals surface area contributed by atoms with E-state index >= 15 is 0 Å². The van der Waals surface area contributed by atoms with Crippen LogP contribution in [0.5, 0.6) is 0 Å². The highest BCUT2D eigenvalue weighted by molar-refractivity contribution is 6.47. The van der Waals surface area contributed by atoms with Crippen LogP contribution in [-0.4, -0.2) is 36.6 Å². The maximum absolute atomic E-state index is 11.1. The molecule has 3 nitrogen and oxygen atoms in total. The first-order valence-corrected chi connectivity index (χ1v) is 3.46. The molecule has 0 aliphatic heterocycles. The Balaban J connectivity index is 2.84. The maximum atomic E-state index is 11.1.